The average molecular weight is 288 g/mol. The third-order valence-corrected chi connectivity index (χ3v) is 4.28. The predicted octanol–water partition coefficient (Wildman–Crippen LogP) is 1.76. The second kappa shape index (κ2) is 6.13. The van der Waals surface area contributed by atoms with Crippen molar-refractivity contribution in [1.29, 1.82) is 0 Å². The van der Waals surface area contributed by atoms with E-state index in [1.54, 1.807) is 0 Å². The van der Waals surface area contributed by atoms with Gasteiger partial charge in [-0.2, -0.15) is 0 Å². The molecular formula is C16H24N4O. The van der Waals surface area contributed by atoms with Gasteiger partial charge in [-0.05, 0) is 31.5 Å². The molecule has 0 spiro atoms. The Labute approximate surface area is 125 Å². The maximum Gasteiger partial charge on any atom is 0.137 e. The topological polar surface area (TPSA) is 53.2 Å². The normalized spacial score (nSPS) is 17.4. The highest BCUT2D eigenvalue weighted by Gasteiger charge is 2.27. The Hall–Kier alpha value is -1.43. The van der Waals surface area contributed by atoms with Crippen molar-refractivity contribution in [2.75, 3.05) is 32.8 Å². The first-order chi connectivity index (χ1) is 10.2. The summed E-state index contributed by atoms with van der Waals surface area (Å²) in [6, 6.07) is 4.10. The molecule has 3 heterocycles. The van der Waals surface area contributed by atoms with Crippen LogP contribution in [0.5, 0.6) is 0 Å². The Kier molecular flexibility index (Phi) is 4.24. The van der Waals surface area contributed by atoms with E-state index in [4.69, 9.17) is 4.74 Å². The van der Waals surface area contributed by atoms with Gasteiger partial charge in [-0.15, -0.1) is 0 Å². The molecule has 1 aliphatic rings. The highest BCUT2D eigenvalue weighted by molar-refractivity contribution is 5.79. The van der Waals surface area contributed by atoms with E-state index in [1.807, 2.05) is 18.5 Å². The highest BCUT2D eigenvalue weighted by Crippen LogP contribution is 2.17. The van der Waals surface area contributed by atoms with Crippen molar-refractivity contribution in [2.45, 2.75) is 25.9 Å². The van der Waals surface area contributed by atoms with Gasteiger partial charge in [-0.25, -0.2) is 4.98 Å². The summed E-state index contributed by atoms with van der Waals surface area (Å²) in [6.07, 6.45) is 3.87. The van der Waals surface area contributed by atoms with E-state index in [2.05, 4.69) is 40.1 Å². The van der Waals surface area contributed by atoms with Crippen LogP contribution < -0.4 is 5.32 Å². The molecule has 0 radical (unpaired) electrons. The Morgan fingerprint density at radius 2 is 2.19 bits per heavy atom. The summed E-state index contributed by atoms with van der Waals surface area (Å²) in [5.41, 5.74) is 2.38. The summed E-state index contributed by atoms with van der Waals surface area (Å²) in [6.45, 7) is 10.1. The number of morpholine rings is 1. The molecule has 5 nitrogen and oxygen atoms in total. The number of aromatic amines is 1. The molecule has 0 aliphatic carbocycles. The van der Waals surface area contributed by atoms with Crippen LogP contribution >= 0.6 is 0 Å². The van der Waals surface area contributed by atoms with E-state index >= 15 is 0 Å². The second-order valence-electron chi connectivity index (χ2n) is 6.23. The molecular weight excluding hydrogens is 264 g/mol. The number of nitrogens with one attached hydrogen (secondary N) is 2. The molecule has 0 aromatic carbocycles. The molecule has 1 aliphatic heterocycles. The van der Waals surface area contributed by atoms with Crippen LogP contribution in [0.2, 0.25) is 0 Å². The summed E-state index contributed by atoms with van der Waals surface area (Å²) in [7, 11) is 0. The average Bonchev–Trinajstić information content (AvgIpc) is 2.92. The molecule has 1 fully saturated rings. The van der Waals surface area contributed by atoms with Crippen LogP contribution in [0.3, 0.4) is 0 Å². The zero-order valence-electron chi connectivity index (χ0n) is 12.9. The predicted molar refractivity (Wildman–Crippen MR) is 84.3 cm³/mol. The van der Waals surface area contributed by atoms with Crippen molar-refractivity contribution >= 4 is 11.0 Å². The lowest BCUT2D eigenvalue weighted by Gasteiger charge is -2.41. The fourth-order valence-corrected chi connectivity index (χ4v) is 2.94. The van der Waals surface area contributed by atoms with Gasteiger partial charge in [0.05, 0.1) is 13.2 Å². The van der Waals surface area contributed by atoms with Gasteiger partial charge in [0.15, 0.2) is 0 Å². The maximum absolute atomic E-state index is 5.43. The Balaban J connectivity index is 1.57. The van der Waals surface area contributed by atoms with Gasteiger partial charge in [0.25, 0.3) is 0 Å². The Morgan fingerprint density at radius 1 is 1.38 bits per heavy atom. The fourth-order valence-electron chi connectivity index (χ4n) is 2.94. The SMILES string of the molecule is CC(C)(CNCc1c[nH]c2ncccc12)N1CCOCC1. The number of nitrogens with zero attached hydrogens (tertiary/aromatic N) is 2. The Bertz CT molecular complexity index is 587. The minimum absolute atomic E-state index is 0.147. The number of hydrogen-bond donors (Lipinski definition) is 2. The molecule has 114 valence electrons. The van der Waals surface area contributed by atoms with Gasteiger partial charge in [0.2, 0.25) is 0 Å². The molecule has 0 atom stereocenters. The third-order valence-electron chi connectivity index (χ3n) is 4.28. The van der Waals surface area contributed by atoms with Crippen molar-refractivity contribution in [2.24, 2.45) is 0 Å². The van der Waals surface area contributed by atoms with Crippen molar-refractivity contribution in [1.82, 2.24) is 20.2 Å². The molecule has 3 rings (SSSR count). The van der Waals surface area contributed by atoms with Crippen LogP contribution in [0.4, 0.5) is 0 Å². The number of H-pyrrole nitrogens is 1. The van der Waals surface area contributed by atoms with Crippen molar-refractivity contribution in [3.8, 4) is 0 Å². The molecule has 1 saturated heterocycles. The lowest BCUT2D eigenvalue weighted by molar-refractivity contribution is -0.00966. The van der Waals surface area contributed by atoms with E-state index in [0.29, 0.717) is 0 Å². The van der Waals surface area contributed by atoms with E-state index in [9.17, 15) is 0 Å². The lowest BCUT2D eigenvalue weighted by Crippen LogP contribution is -2.54. The van der Waals surface area contributed by atoms with E-state index in [-0.39, 0.29) is 5.54 Å². The van der Waals surface area contributed by atoms with Crippen molar-refractivity contribution in [3.63, 3.8) is 0 Å². The number of pyridine rings is 1. The van der Waals surface area contributed by atoms with Crippen LogP contribution in [-0.4, -0.2) is 53.3 Å². The van der Waals surface area contributed by atoms with Gasteiger partial charge in [0, 0.05) is 49.5 Å². The number of aromatic nitrogens is 2. The standard InChI is InChI=1S/C16H24N4O/c1-16(2,20-6-8-21-9-7-20)12-17-10-13-11-19-15-14(13)4-3-5-18-15/h3-5,11,17H,6-10,12H2,1-2H3,(H,18,19). The molecule has 5 heteroatoms. The van der Waals surface area contributed by atoms with Gasteiger partial charge in [0.1, 0.15) is 5.65 Å². The quantitative estimate of drug-likeness (QED) is 0.880. The summed E-state index contributed by atoms with van der Waals surface area (Å²) in [5, 5.41) is 4.79. The second-order valence-corrected chi connectivity index (χ2v) is 6.23. The molecule has 0 bridgehead atoms. The first-order valence-corrected chi connectivity index (χ1v) is 7.61. The lowest BCUT2D eigenvalue weighted by atomic mass is 10.0. The summed E-state index contributed by atoms with van der Waals surface area (Å²) in [4.78, 5) is 10.0. The smallest absolute Gasteiger partial charge is 0.137 e. The molecule has 2 aromatic heterocycles. The first-order valence-electron chi connectivity index (χ1n) is 7.61. The first kappa shape index (κ1) is 14.5. The maximum atomic E-state index is 5.43. The minimum atomic E-state index is 0.147. The van der Waals surface area contributed by atoms with Crippen LogP contribution in [0.1, 0.15) is 19.4 Å². The van der Waals surface area contributed by atoms with Crippen molar-refractivity contribution in [3.05, 3.63) is 30.1 Å². The van der Waals surface area contributed by atoms with Crippen molar-refractivity contribution < 1.29 is 4.74 Å². The van der Waals surface area contributed by atoms with E-state index < -0.39 is 0 Å². The fraction of sp³-hybridized carbons (Fsp3) is 0.562. The molecule has 2 N–H and O–H groups in total. The van der Waals surface area contributed by atoms with E-state index in [1.165, 1.54) is 10.9 Å². The Morgan fingerprint density at radius 3 is 3.00 bits per heavy atom. The number of ether oxygens (including phenoxy) is 1. The number of hydrogen-bond acceptors (Lipinski definition) is 4. The van der Waals surface area contributed by atoms with Gasteiger partial charge >= 0.3 is 0 Å². The zero-order valence-corrected chi connectivity index (χ0v) is 12.9. The summed E-state index contributed by atoms with van der Waals surface area (Å²) >= 11 is 0. The molecule has 0 amide bonds. The van der Waals surface area contributed by atoms with Crippen LogP contribution in [0, 0.1) is 0 Å². The van der Waals surface area contributed by atoms with Gasteiger partial charge in [-0.3, -0.25) is 4.90 Å². The van der Waals surface area contributed by atoms with E-state index in [0.717, 1.165) is 45.0 Å². The largest absolute Gasteiger partial charge is 0.379 e. The molecule has 21 heavy (non-hydrogen) atoms. The molecule has 0 unspecified atom stereocenters. The zero-order chi connectivity index (χ0) is 14.7. The highest BCUT2D eigenvalue weighted by atomic mass is 16.5. The van der Waals surface area contributed by atoms with Gasteiger partial charge in [-0.1, -0.05) is 0 Å². The van der Waals surface area contributed by atoms with Crippen LogP contribution in [0.25, 0.3) is 11.0 Å². The molecule has 2 aromatic rings. The number of rotatable bonds is 5. The van der Waals surface area contributed by atoms with Gasteiger partial charge < -0.3 is 15.0 Å². The minimum Gasteiger partial charge on any atom is -0.379 e. The summed E-state index contributed by atoms with van der Waals surface area (Å²) in [5.74, 6) is 0. The number of fused-ring (bicyclic) bond motifs is 1. The molecule has 0 saturated carbocycles. The summed E-state index contributed by atoms with van der Waals surface area (Å²) < 4.78 is 5.43. The third kappa shape index (κ3) is 3.26. The monoisotopic (exact) mass is 288 g/mol. The van der Waals surface area contributed by atoms with Crippen LogP contribution in [0.15, 0.2) is 24.5 Å². The van der Waals surface area contributed by atoms with Crippen LogP contribution in [-0.2, 0) is 11.3 Å².